The highest BCUT2D eigenvalue weighted by Crippen LogP contribution is 2.80. The van der Waals surface area contributed by atoms with Gasteiger partial charge in [0.05, 0.1) is 0 Å². The van der Waals surface area contributed by atoms with Crippen molar-refractivity contribution >= 4 is 0 Å². The van der Waals surface area contributed by atoms with Gasteiger partial charge < -0.3 is 0 Å². The van der Waals surface area contributed by atoms with Crippen molar-refractivity contribution in [1.82, 2.24) is 0 Å². The number of hydrogen-bond acceptors (Lipinski definition) is 0. The van der Waals surface area contributed by atoms with Crippen molar-refractivity contribution in [3.8, 4) is 0 Å². The summed E-state index contributed by atoms with van der Waals surface area (Å²) in [6, 6.07) is 0. The molecule has 1 saturated carbocycles. The van der Waals surface area contributed by atoms with E-state index in [9.17, 15) is 0 Å². The molecule has 5 rings (SSSR count). The summed E-state index contributed by atoms with van der Waals surface area (Å²) in [7, 11) is 0. The zero-order valence-electron chi connectivity index (χ0n) is 12.8. The molecule has 0 spiro atoms. The van der Waals surface area contributed by atoms with Crippen LogP contribution in [0.4, 0.5) is 0 Å². The molecule has 22 heavy (non-hydrogen) atoms. The summed E-state index contributed by atoms with van der Waals surface area (Å²) < 4.78 is 0. The lowest BCUT2D eigenvalue weighted by molar-refractivity contribution is 0.315. The highest BCUT2D eigenvalue weighted by molar-refractivity contribution is 5.71. The van der Waals surface area contributed by atoms with Crippen LogP contribution in [0.2, 0.25) is 0 Å². The van der Waals surface area contributed by atoms with Crippen LogP contribution < -0.4 is 0 Å². The first-order chi connectivity index (χ1) is 10.9. The number of rotatable bonds is 0. The van der Waals surface area contributed by atoms with Crippen molar-refractivity contribution in [3.05, 3.63) is 95.2 Å². The van der Waals surface area contributed by atoms with Gasteiger partial charge in [0.2, 0.25) is 0 Å². The fourth-order valence-electron chi connectivity index (χ4n) is 5.14. The monoisotopic (exact) mass is 284 g/mol. The molecule has 0 radical (unpaired) electrons. The molecule has 1 fully saturated rings. The molecular weight excluding hydrogens is 264 g/mol. The minimum Gasteiger partial charge on any atom is -0.0876 e. The second-order valence-electron chi connectivity index (χ2n) is 7.02. The van der Waals surface area contributed by atoms with Gasteiger partial charge >= 0.3 is 0 Å². The maximum atomic E-state index is 2.41. The third-order valence-electron chi connectivity index (χ3n) is 6.16. The Morgan fingerprint density at radius 3 is 1.50 bits per heavy atom. The van der Waals surface area contributed by atoms with Gasteiger partial charge in [-0.2, -0.15) is 0 Å². The predicted molar refractivity (Wildman–Crippen MR) is 92.2 cm³/mol. The summed E-state index contributed by atoms with van der Waals surface area (Å²) in [4.78, 5) is 0. The molecule has 0 aromatic heterocycles. The van der Waals surface area contributed by atoms with Crippen molar-refractivity contribution < 1.29 is 0 Å². The number of allylic oxidation sites excluding steroid dienone is 16. The molecule has 0 N–H and O–H groups in total. The number of hydrogen-bond donors (Lipinski definition) is 0. The Morgan fingerprint density at radius 1 is 0.591 bits per heavy atom. The Labute approximate surface area is 132 Å². The average molecular weight is 284 g/mol. The lowest BCUT2D eigenvalue weighted by Gasteiger charge is -2.27. The Kier molecular flexibility index (Phi) is 2.39. The molecule has 0 heteroatoms. The van der Waals surface area contributed by atoms with Gasteiger partial charge in [-0.05, 0) is 48.0 Å². The molecule has 5 aliphatic rings. The fourth-order valence-corrected chi connectivity index (χ4v) is 5.14. The highest BCUT2D eigenvalue weighted by Gasteiger charge is 2.71. The van der Waals surface area contributed by atoms with Gasteiger partial charge in [0.25, 0.3) is 0 Å². The highest BCUT2D eigenvalue weighted by atomic mass is 14.7. The third kappa shape index (κ3) is 1.38. The van der Waals surface area contributed by atoms with E-state index in [1.165, 1.54) is 42.4 Å². The van der Waals surface area contributed by atoms with E-state index in [-0.39, 0.29) is 0 Å². The second kappa shape index (κ2) is 4.23. The van der Waals surface area contributed by atoms with E-state index in [0.717, 1.165) is 0 Å². The summed E-state index contributed by atoms with van der Waals surface area (Å²) in [5.74, 6) is 0. The average Bonchev–Trinajstić information content (AvgIpc) is 3.25. The van der Waals surface area contributed by atoms with Crippen molar-refractivity contribution in [2.24, 2.45) is 10.8 Å². The molecule has 2 bridgehead atoms. The standard InChI is InChI=1S/C22H20/c1-2-10-18-12-4-3-11-17(9-1)19(18)20-21-13-5-6-14-22(20,21)16-8-7-15-21/h1-12H,13-16H2. The van der Waals surface area contributed by atoms with Gasteiger partial charge in [-0.3, -0.25) is 0 Å². The Bertz CT molecular complexity index is 704. The molecule has 0 nitrogen and oxygen atoms in total. The molecule has 0 unspecified atom stereocenters. The topological polar surface area (TPSA) is 0 Å². The molecule has 0 aliphatic heterocycles. The summed E-state index contributed by atoms with van der Waals surface area (Å²) in [5.41, 5.74) is 6.82. The third-order valence-corrected chi connectivity index (χ3v) is 6.16. The normalized spacial score (nSPS) is 37.1. The van der Waals surface area contributed by atoms with Crippen LogP contribution in [0, 0.1) is 10.8 Å². The quantitative estimate of drug-likeness (QED) is 0.514. The van der Waals surface area contributed by atoms with E-state index < -0.39 is 0 Å². The van der Waals surface area contributed by atoms with E-state index >= 15 is 0 Å². The molecule has 0 heterocycles. The summed E-state index contributed by atoms with van der Waals surface area (Å²) >= 11 is 0. The van der Waals surface area contributed by atoms with Crippen LogP contribution in [0.25, 0.3) is 0 Å². The molecule has 0 amide bonds. The summed E-state index contributed by atoms with van der Waals surface area (Å²) in [5, 5.41) is 0. The Morgan fingerprint density at radius 2 is 1.05 bits per heavy atom. The van der Waals surface area contributed by atoms with Gasteiger partial charge in [-0.1, -0.05) is 72.9 Å². The van der Waals surface area contributed by atoms with Crippen LogP contribution >= 0.6 is 0 Å². The predicted octanol–water partition coefficient (Wildman–Crippen LogP) is 5.52. The maximum Gasteiger partial charge on any atom is 0.00963 e. The molecule has 0 atom stereocenters. The minimum absolute atomic E-state index is 0.403. The van der Waals surface area contributed by atoms with Crippen LogP contribution in [-0.4, -0.2) is 0 Å². The fraction of sp³-hybridized carbons (Fsp3) is 0.273. The van der Waals surface area contributed by atoms with Gasteiger partial charge in [0.15, 0.2) is 0 Å². The number of fused-ring (bicyclic) bond motifs is 2. The van der Waals surface area contributed by atoms with E-state index in [4.69, 9.17) is 0 Å². The Balaban J connectivity index is 1.79. The lowest BCUT2D eigenvalue weighted by atomic mass is 9.76. The first kappa shape index (κ1) is 12.5. The van der Waals surface area contributed by atoms with Crippen LogP contribution in [0.1, 0.15) is 25.7 Å². The minimum atomic E-state index is 0.403. The van der Waals surface area contributed by atoms with Crippen molar-refractivity contribution in [2.75, 3.05) is 0 Å². The van der Waals surface area contributed by atoms with E-state index in [2.05, 4.69) is 72.9 Å². The van der Waals surface area contributed by atoms with Crippen molar-refractivity contribution in [1.29, 1.82) is 0 Å². The lowest BCUT2D eigenvalue weighted by Crippen LogP contribution is -2.17. The largest absolute Gasteiger partial charge is 0.0876 e. The first-order valence-corrected chi connectivity index (χ1v) is 8.37. The molecule has 0 aromatic rings. The van der Waals surface area contributed by atoms with Gasteiger partial charge in [-0.25, -0.2) is 0 Å². The molecule has 0 saturated heterocycles. The van der Waals surface area contributed by atoms with Gasteiger partial charge in [0.1, 0.15) is 0 Å². The molecular formula is C22H20. The summed E-state index contributed by atoms with van der Waals surface area (Å²) in [6.07, 6.45) is 32.3. The SMILES string of the molecule is C1=CC=C2C=CC=CC(=C1)C2=C1C23CC=CCC12CC=CC3. The second-order valence-corrected chi connectivity index (χ2v) is 7.02. The first-order valence-electron chi connectivity index (χ1n) is 8.37. The molecule has 0 aromatic carbocycles. The van der Waals surface area contributed by atoms with Crippen molar-refractivity contribution in [3.63, 3.8) is 0 Å². The van der Waals surface area contributed by atoms with Crippen LogP contribution in [0.5, 0.6) is 0 Å². The van der Waals surface area contributed by atoms with E-state index in [1.54, 1.807) is 5.57 Å². The van der Waals surface area contributed by atoms with Crippen molar-refractivity contribution in [2.45, 2.75) is 25.7 Å². The maximum absolute atomic E-state index is 2.41. The zero-order chi connectivity index (χ0) is 14.6. The zero-order valence-corrected chi connectivity index (χ0v) is 12.8. The van der Waals surface area contributed by atoms with E-state index in [1.807, 2.05) is 0 Å². The van der Waals surface area contributed by atoms with E-state index in [0.29, 0.717) is 10.8 Å². The van der Waals surface area contributed by atoms with Gasteiger partial charge in [-0.15, -0.1) is 0 Å². The molecule has 108 valence electrons. The van der Waals surface area contributed by atoms with Crippen LogP contribution in [0.15, 0.2) is 95.2 Å². The van der Waals surface area contributed by atoms with Gasteiger partial charge in [0, 0.05) is 10.8 Å². The Hall–Kier alpha value is -2.08. The smallest absolute Gasteiger partial charge is 0.00963 e. The van der Waals surface area contributed by atoms with Crippen LogP contribution in [0.3, 0.4) is 0 Å². The van der Waals surface area contributed by atoms with Crippen LogP contribution in [-0.2, 0) is 0 Å². The summed E-state index contributed by atoms with van der Waals surface area (Å²) in [6.45, 7) is 0. The molecule has 5 aliphatic carbocycles.